The Morgan fingerprint density at radius 3 is 2.40 bits per heavy atom. The van der Waals surface area contributed by atoms with Gasteiger partial charge < -0.3 is 4.98 Å². The number of aromatic nitrogens is 1. The van der Waals surface area contributed by atoms with Crippen molar-refractivity contribution in [2.24, 2.45) is 0 Å². The van der Waals surface area contributed by atoms with Crippen molar-refractivity contribution >= 4 is 0 Å². The second kappa shape index (κ2) is 4.13. The van der Waals surface area contributed by atoms with Gasteiger partial charge in [0.05, 0.1) is 0 Å². The zero-order valence-corrected chi connectivity index (χ0v) is 8.66. The lowest BCUT2D eigenvalue weighted by molar-refractivity contribution is 1.06. The molecule has 2 nitrogen and oxygen atoms in total. The van der Waals surface area contributed by atoms with Crippen LogP contribution in [0, 0.1) is 0 Å². The van der Waals surface area contributed by atoms with Crippen molar-refractivity contribution in [2.45, 2.75) is 13.3 Å². The third-order valence-electron chi connectivity index (χ3n) is 2.46. The maximum absolute atomic E-state index is 11.6. The lowest BCUT2D eigenvalue weighted by atomic mass is 10.1. The first-order valence-corrected chi connectivity index (χ1v) is 5.09. The summed E-state index contributed by atoms with van der Waals surface area (Å²) in [6, 6.07) is 13.7. The fraction of sp³-hybridized carbons (Fsp3) is 0.154. The number of aromatic amines is 1. The molecule has 0 unspecified atom stereocenters. The molecule has 1 aromatic heterocycles. The highest BCUT2D eigenvalue weighted by atomic mass is 16.1. The first-order valence-electron chi connectivity index (χ1n) is 5.09. The van der Waals surface area contributed by atoms with E-state index in [1.807, 2.05) is 49.4 Å². The molecule has 0 bridgehead atoms. The molecule has 15 heavy (non-hydrogen) atoms. The lowest BCUT2D eigenvalue weighted by Crippen LogP contribution is -2.11. The molecule has 0 radical (unpaired) electrons. The zero-order chi connectivity index (χ0) is 10.7. The molecule has 0 aliphatic carbocycles. The smallest absolute Gasteiger partial charge is 0.251 e. The van der Waals surface area contributed by atoms with Gasteiger partial charge in [-0.25, -0.2) is 0 Å². The van der Waals surface area contributed by atoms with Crippen LogP contribution in [0.25, 0.3) is 11.3 Å². The van der Waals surface area contributed by atoms with Crippen LogP contribution in [0.5, 0.6) is 0 Å². The Morgan fingerprint density at radius 2 is 1.80 bits per heavy atom. The summed E-state index contributed by atoms with van der Waals surface area (Å²) < 4.78 is 0. The molecule has 0 amide bonds. The molecule has 0 saturated heterocycles. The van der Waals surface area contributed by atoms with Gasteiger partial charge in [0.2, 0.25) is 0 Å². The van der Waals surface area contributed by atoms with Crippen LogP contribution in [0.2, 0.25) is 0 Å². The minimum absolute atomic E-state index is 0.0128. The molecule has 0 aliphatic heterocycles. The first-order chi connectivity index (χ1) is 7.31. The van der Waals surface area contributed by atoms with Gasteiger partial charge in [0.25, 0.3) is 5.56 Å². The van der Waals surface area contributed by atoms with Gasteiger partial charge in [-0.2, -0.15) is 0 Å². The number of pyridine rings is 1. The maximum Gasteiger partial charge on any atom is 0.251 e. The molecule has 1 N–H and O–H groups in total. The third kappa shape index (κ3) is 1.99. The van der Waals surface area contributed by atoms with E-state index >= 15 is 0 Å². The van der Waals surface area contributed by atoms with Gasteiger partial charge in [-0.05, 0) is 18.1 Å². The van der Waals surface area contributed by atoms with Crippen LogP contribution in [-0.4, -0.2) is 4.98 Å². The van der Waals surface area contributed by atoms with Crippen molar-refractivity contribution in [3.63, 3.8) is 0 Å². The zero-order valence-electron chi connectivity index (χ0n) is 8.66. The fourth-order valence-electron chi connectivity index (χ4n) is 1.57. The van der Waals surface area contributed by atoms with Crippen molar-refractivity contribution in [3.05, 3.63) is 58.4 Å². The van der Waals surface area contributed by atoms with Crippen LogP contribution >= 0.6 is 0 Å². The molecule has 0 spiro atoms. The molecule has 1 heterocycles. The second-order valence-corrected chi connectivity index (χ2v) is 3.45. The first kappa shape index (κ1) is 9.71. The Bertz CT molecular complexity index is 499. The number of rotatable bonds is 2. The maximum atomic E-state index is 11.6. The quantitative estimate of drug-likeness (QED) is 0.792. The molecule has 0 aliphatic rings. The van der Waals surface area contributed by atoms with Crippen molar-refractivity contribution in [1.82, 2.24) is 4.98 Å². The molecule has 0 fully saturated rings. The Kier molecular flexibility index (Phi) is 2.68. The van der Waals surface area contributed by atoms with Crippen LogP contribution < -0.4 is 5.56 Å². The summed E-state index contributed by atoms with van der Waals surface area (Å²) in [5, 5.41) is 0. The third-order valence-corrected chi connectivity index (χ3v) is 2.46. The minimum atomic E-state index is 0.0128. The summed E-state index contributed by atoms with van der Waals surface area (Å²) in [5.74, 6) is 0. The largest absolute Gasteiger partial charge is 0.322 e. The van der Waals surface area contributed by atoms with E-state index in [0.717, 1.165) is 23.2 Å². The molecular formula is C13H13NO. The van der Waals surface area contributed by atoms with E-state index in [2.05, 4.69) is 4.98 Å². The molecule has 2 aromatic rings. The van der Waals surface area contributed by atoms with E-state index in [4.69, 9.17) is 0 Å². The standard InChI is InChI=1S/C13H13NO/c1-2-10-8-9-12(14-13(10)15)11-6-4-3-5-7-11/h3-9H,2H2,1H3,(H,14,15). The van der Waals surface area contributed by atoms with E-state index in [1.165, 1.54) is 0 Å². The highest BCUT2D eigenvalue weighted by Crippen LogP contribution is 2.14. The van der Waals surface area contributed by atoms with Crippen molar-refractivity contribution < 1.29 is 0 Å². The van der Waals surface area contributed by atoms with Crippen LogP contribution in [0.3, 0.4) is 0 Å². The van der Waals surface area contributed by atoms with Crippen LogP contribution in [-0.2, 0) is 6.42 Å². The summed E-state index contributed by atoms with van der Waals surface area (Å²) in [5.41, 5.74) is 2.75. The van der Waals surface area contributed by atoms with E-state index in [-0.39, 0.29) is 5.56 Å². The Hall–Kier alpha value is -1.83. The highest BCUT2D eigenvalue weighted by molar-refractivity contribution is 5.58. The molecule has 0 saturated carbocycles. The van der Waals surface area contributed by atoms with Crippen LogP contribution in [0.1, 0.15) is 12.5 Å². The van der Waals surface area contributed by atoms with Crippen LogP contribution in [0.15, 0.2) is 47.3 Å². The molecule has 0 atom stereocenters. The number of nitrogens with one attached hydrogen (secondary N) is 1. The number of hydrogen-bond acceptors (Lipinski definition) is 1. The van der Waals surface area contributed by atoms with E-state index in [1.54, 1.807) is 0 Å². The number of benzene rings is 1. The SMILES string of the molecule is CCc1ccc(-c2ccccc2)[nH]c1=O. The number of hydrogen-bond donors (Lipinski definition) is 1. The summed E-state index contributed by atoms with van der Waals surface area (Å²) in [7, 11) is 0. The van der Waals surface area contributed by atoms with E-state index < -0.39 is 0 Å². The van der Waals surface area contributed by atoms with Gasteiger partial charge in [-0.3, -0.25) is 4.79 Å². The van der Waals surface area contributed by atoms with Gasteiger partial charge >= 0.3 is 0 Å². The molecule has 2 heteroatoms. The lowest BCUT2D eigenvalue weighted by Gasteiger charge is -2.02. The Morgan fingerprint density at radius 1 is 1.07 bits per heavy atom. The molecule has 1 aromatic carbocycles. The highest BCUT2D eigenvalue weighted by Gasteiger charge is 2.00. The van der Waals surface area contributed by atoms with Gasteiger partial charge in [-0.1, -0.05) is 43.3 Å². The minimum Gasteiger partial charge on any atom is -0.322 e. The predicted molar refractivity (Wildman–Crippen MR) is 61.9 cm³/mol. The fourth-order valence-corrected chi connectivity index (χ4v) is 1.57. The number of H-pyrrole nitrogens is 1. The monoisotopic (exact) mass is 199 g/mol. The van der Waals surface area contributed by atoms with Gasteiger partial charge in [0.15, 0.2) is 0 Å². The van der Waals surface area contributed by atoms with Gasteiger partial charge in [0.1, 0.15) is 0 Å². The molecular weight excluding hydrogens is 186 g/mol. The summed E-state index contributed by atoms with van der Waals surface area (Å²) in [4.78, 5) is 14.5. The molecule has 2 rings (SSSR count). The second-order valence-electron chi connectivity index (χ2n) is 3.45. The van der Waals surface area contributed by atoms with E-state index in [0.29, 0.717) is 0 Å². The summed E-state index contributed by atoms with van der Waals surface area (Å²) >= 11 is 0. The predicted octanol–water partition coefficient (Wildman–Crippen LogP) is 2.60. The van der Waals surface area contributed by atoms with E-state index in [9.17, 15) is 4.79 Å². The topological polar surface area (TPSA) is 32.9 Å². The summed E-state index contributed by atoms with van der Waals surface area (Å²) in [6.45, 7) is 1.98. The average molecular weight is 199 g/mol. The van der Waals surface area contributed by atoms with Gasteiger partial charge in [0, 0.05) is 11.3 Å². The normalized spacial score (nSPS) is 10.2. The Labute approximate surface area is 88.6 Å². The van der Waals surface area contributed by atoms with Crippen molar-refractivity contribution in [2.75, 3.05) is 0 Å². The van der Waals surface area contributed by atoms with Gasteiger partial charge in [-0.15, -0.1) is 0 Å². The number of aryl methyl sites for hydroxylation is 1. The average Bonchev–Trinajstić information content (AvgIpc) is 2.30. The van der Waals surface area contributed by atoms with Crippen LogP contribution in [0.4, 0.5) is 0 Å². The molecule has 76 valence electrons. The van der Waals surface area contributed by atoms with Crippen molar-refractivity contribution in [1.29, 1.82) is 0 Å². The van der Waals surface area contributed by atoms with Crippen molar-refractivity contribution in [3.8, 4) is 11.3 Å². The Balaban J connectivity index is 2.48. The summed E-state index contributed by atoms with van der Waals surface area (Å²) in [6.07, 6.45) is 0.768.